The number of urea groups is 1. The van der Waals surface area contributed by atoms with Crippen LogP contribution in [0.25, 0.3) is 10.9 Å². The number of pyridine rings is 1. The second-order valence-electron chi connectivity index (χ2n) is 9.50. The maximum Gasteiger partial charge on any atom is 0.339 e. The summed E-state index contributed by atoms with van der Waals surface area (Å²) in [6.45, 7) is 8.85. The minimum atomic E-state index is -1.05. The number of fused-ring (bicyclic) bond motifs is 2. The third-order valence-electron chi connectivity index (χ3n) is 6.44. The van der Waals surface area contributed by atoms with Crippen molar-refractivity contribution in [2.75, 3.05) is 13.1 Å². The summed E-state index contributed by atoms with van der Waals surface area (Å²) < 4.78 is 5.62. The second kappa shape index (κ2) is 7.94. The maximum atomic E-state index is 13.4. The van der Waals surface area contributed by atoms with Crippen LogP contribution in [0.3, 0.4) is 0 Å². The highest BCUT2D eigenvalue weighted by atomic mass is 16.5. The molecule has 2 aliphatic rings. The Labute approximate surface area is 182 Å². The number of ether oxygens (including phenoxy) is 1. The van der Waals surface area contributed by atoms with Gasteiger partial charge in [-0.15, -0.1) is 0 Å². The highest BCUT2D eigenvalue weighted by Crippen LogP contribution is 2.39. The Balaban J connectivity index is 1.69. The summed E-state index contributed by atoms with van der Waals surface area (Å²) in [5.74, 6) is -0.630. The molecule has 2 atom stereocenters. The predicted molar refractivity (Wildman–Crippen MR) is 117 cm³/mol. The fourth-order valence-electron chi connectivity index (χ4n) is 4.53. The highest BCUT2D eigenvalue weighted by Gasteiger charge is 2.35. The molecular weight excluding hydrogens is 394 g/mol. The summed E-state index contributed by atoms with van der Waals surface area (Å²) in [5.41, 5.74) is 3.22. The summed E-state index contributed by atoms with van der Waals surface area (Å²) >= 11 is 0. The van der Waals surface area contributed by atoms with Crippen LogP contribution in [0.4, 0.5) is 4.79 Å². The predicted octanol–water partition coefficient (Wildman–Crippen LogP) is 3.48. The maximum absolute atomic E-state index is 13.4. The van der Waals surface area contributed by atoms with Gasteiger partial charge in [0.05, 0.1) is 11.1 Å². The Bertz CT molecular complexity index is 1060. The standard InChI is InChI=1S/C24H29N3O4/c1-14(21(28)27-12-11-25-23(27)30)31-22(29)20-16-7-5-6-8-18(16)26-19-10-9-15(13-17(19)20)24(2,3)4/h5-8,14-15H,9-13H2,1-4H3,(H,25,30)/t14-,15-/m0/s1. The number of carbonyl (C=O) groups is 3. The van der Waals surface area contributed by atoms with Gasteiger partial charge in [0, 0.05) is 24.2 Å². The molecule has 1 fully saturated rings. The van der Waals surface area contributed by atoms with E-state index in [2.05, 4.69) is 26.1 Å². The van der Waals surface area contributed by atoms with Crippen molar-refractivity contribution in [3.8, 4) is 0 Å². The fraction of sp³-hybridized carbons (Fsp3) is 0.500. The Kier molecular flexibility index (Phi) is 5.45. The molecule has 1 saturated heterocycles. The van der Waals surface area contributed by atoms with Crippen LogP contribution in [0.2, 0.25) is 0 Å². The number of imide groups is 1. The van der Waals surface area contributed by atoms with Gasteiger partial charge in [-0.25, -0.2) is 9.59 Å². The lowest BCUT2D eigenvalue weighted by Crippen LogP contribution is -2.42. The van der Waals surface area contributed by atoms with E-state index in [4.69, 9.17) is 9.72 Å². The number of carbonyl (C=O) groups excluding carboxylic acids is 3. The van der Waals surface area contributed by atoms with Crippen molar-refractivity contribution in [1.82, 2.24) is 15.2 Å². The number of nitrogens with one attached hydrogen (secondary N) is 1. The van der Waals surface area contributed by atoms with Crippen LogP contribution < -0.4 is 5.32 Å². The fourth-order valence-corrected chi connectivity index (χ4v) is 4.53. The Morgan fingerprint density at radius 1 is 1.26 bits per heavy atom. The van der Waals surface area contributed by atoms with Gasteiger partial charge in [-0.2, -0.15) is 0 Å². The molecule has 31 heavy (non-hydrogen) atoms. The van der Waals surface area contributed by atoms with Crippen LogP contribution in [0.1, 0.15) is 55.7 Å². The van der Waals surface area contributed by atoms with Crippen LogP contribution >= 0.6 is 0 Å². The van der Waals surface area contributed by atoms with E-state index < -0.39 is 24.0 Å². The molecule has 164 valence electrons. The van der Waals surface area contributed by atoms with Crippen LogP contribution in [0.15, 0.2) is 24.3 Å². The SMILES string of the molecule is C[C@H](OC(=O)c1c2c(nc3ccccc13)CC[C@H](C(C)(C)C)C2)C(=O)N1CCNC1=O. The number of aryl methyl sites for hydroxylation is 1. The molecule has 0 saturated carbocycles. The summed E-state index contributed by atoms with van der Waals surface area (Å²) in [4.78, 5) is 43.7. The first-order valence-corrected chi connectivity index (χ1v) is 10.9. The first-order chi connectivity index (χ1) is 14.7. The van der Waals surface area contributed by atoms with Gasteiger partial charge >= 0.3 is 12.0 Å². The zero-order valence-electron chi connectivity index (χ0n) is 18.5. The zero-order chi connectivity index (χ0) is 22.3. The van der Waals surface area contributed by atoms with Gasteiger partial charge in [-0.05, 0) is 49.1 Å². The highest BCUT2D eigenvalue weighted by molar-refractivity contribution is 6.06. The van der Waals surface area contributed by atoms with Gasteiger partial charge in [0.25, 0.3) is 5.91 Å². The molecule has 0 spiro atoms. The van der Waals surface area contributed by atoms with Crippen LogP contribution in [-0.2, 0) is 22.4 Å². The summed E-state index contributed by atoms with van der Waals surface area (Å²) in [7, 11) is 0. The van der Waals surface area contributed by atoms with Crippen molar-refractivity contribution in [2.24, 2.45) is 11.3 Å². The normalized spacial score (nSPS) is 19.7. The Hall–Kier alpha value is -2.96. The lowest BCUT2D eigenvalue weighted by atomic mass is 9.70. The lowest BCUT2D eigenvalue weighted by Gasteiger charge is -2.35. The van der Waals surface area contributed by atoms with E-state index in [0.717, 1.165) is 46.3 Å². The molecule has 1 aliphatic heterocycles. The van der Waals surface area contributed by atoms with Crippen LogP contribution in [0.5, 0.6) is 0 Å². The Morgan fingerprint density at radius 3 is 2.68 bits per heavy atom. The molecule has 7 nitrogen and oxygen atoms in total. The molecule has 1 aromatic carbocycles. The van der Waals surface area contributed by atoms with E-state index in [9.17, 15) is 14.4 Å². The number of nitrogens with zero attached hydrogens (tertiary/aromatic N) is 2. The number of benzene rings is 1. The number of amides is 3. The minimum absolute atomic E-state index is 0.108. The van der Waals surface area contributed by atoms with Gasteiger partial charge in [0.2, 0.25) is 0 Å². The Morgan fingerprint density at radius 2 is 2.00 bits per heavy atom. The van der Waals surface area contributed by atoms with Gasteiger partial charge in [0.1, 0.15) is 0 Å². The molecule has 1 N–H and O–H groups in total. The number of aromatic nitrogens is 1. The smallest absolute Gasteiger partial charge is 0.339 e. The number of hydrogen-bond acceptors (Lipinski definition) is 5. The third-order valence-corrected chi connectivity index (χ3v) is 6.44. The van der Waals surface area contributed by atoms with Crippen molar-refractivity contribution in [2.45, 2.75) is 53.1 Å². The summed E-state index contributed by atoms with van der Waals surface area (Å²) in [6, 6.07) is 7.09. The molecule has 0 radical (unpaired) electrons. The minimum Gasteiger partial charge on any atom is -0.449 e. The van der Waals surface area contributed by atoms with Crippen molar-refractivity contribution >= 4 is 28.8 Å². The monoisotopic (exact) mass is 423 g/mol. The number of rotatable bonds is 3. The molecule has 0 unspecified atom stereocenters. The molecule has 1 aromatic heterocycles. The average Bonchev–Trinajstić information content (AvgIpc) is 3.15. The van der Waals surface area contributed by atoms with E-state index in [1.807, 2.05) is 24.3 Å². The number of hydrogen-bond donors (Lipinski definition) is 1. The van der Waals surface area contributed by atoms with E-state index >= 15 is 0 Å². The number of esters is 1. The van der Waals surface area contributed by atoms with E-state index in [1.165, 1.54) is 6.92 Å². The summed E-state index contributed by atoms with van der Waals surface area (Å²) in [5, 5.41) is 3.33. The van der Waals surface area contributed by atoms with Crippen molar-refractivity contribution < 1.29 is 19.1 Å². The molecular formula is C24H29N3O4. The third kappa shape index (κ3) is 4.01. The van der Waals surface area contributed by atoms with E-state index in [1.54, 1.807) is 0 Å². The molecule has 0 bridgehead atoms. The zero-order valence-corrected chi connectivity index (χ0v) is 18.5. The summed E-state index contributed by atoms with van der Waals surface area (Å²) in [6.07, 6.45) is 1.53. The van der Waals surface area contributed by atoms with Gasteiger partial charge < -0.3 is 10.1 Å². The molecule has 7 heteroatoms. The first-order valence-electron chi connectivity index (χ1n) is 10.9. The topological polar surface area (TPSA) is 88.6 Å². The average molecular weight is 424 g/mol. The van der Waals surface area contributed by atoms with Crippen molar-refractivity contribution in [1.29, 1.82) is 0 Å². The largest absolute Gasteiger partial charge is 0.449 e. The lowest BCUT2D eigenvalue weighted by molar-refractivity contribution is -0.136. The molecule has 3 amide bonds. The molecule has 2 heterocycles. The van der Waals surface area contributed by atoms with Crippen molar-refractivity contribution in [3.05, 3.63) is 41.1 Å². The van der Waals surface area contributed by atoms with Crippen LogP contribution in [-0.4, -0.2) is 47.0 Å². The molecule has 4 rings (SSSR count). The number of para-hydroxylation sites is 1. The van der Waals surface area contributed by atoms with Crippen molar-refractivity contribution in [3.63, 3.8) is 0 Å². The molecule has 1 aliphatic carbocycles. The van der Waals surface area contributed by atoms with E-state index in [0.29, 0.717) is 18.0 Å². The van der Waals surface area contributed by atoms with Crippen LogP contribution in [0, 0.1) is 11.3 Å². The first kappa shape index (κ1) is 21.3. The second-order valence-corrected chi connectivity index (χ2v) is 9.50. The molecule has 2 aromatic rings. The van der Waals surface area contributed by atoms with Gasteiger partial charge in [-0.3, -0.25) is 14.7 Å². The van der Waals surface area contributed by atoms with E-state index in [-0.39, 0.29) is 12.0 Å². The quantitative estimate of drug-likeness (QED) is 0.764. The van der Waals surface area contributed by atoms with Gasteiger partial charge in [0.15, 0.2) is 6.10 Å². The van der Waals surface area contributed by atoms with Gasteiger partial charge in [-0.1, -0.05) is 39.0 Å².